The Balaban J connectivity index is 2.05. The van der Waals surface area contributed by atoms with E-state index in [-0.39, 0.29) is 11.5 Å². The summed E-state index contributed by atoms with van der Waals surface area (Å²) < 4.78 is 40.8. The maximum atomic E-state index is 12.7. The van der Waals surface area contributed by atoms with E-state index >= 15 is 0 Å². The Labute approximate surface area is 130 Å². The summed E-state index contributed by atoms with van der Waals surface area (Å²) in [5.74, 6) is 0.203. The number of benzene rings is 1. The SMILES string of the molecule is Nc1nc2cc(C(F)(F)F)ccc2n1Cc1cc(Br)cs1. The van der Waals surface area contributed by atoms with Crippen LogP contribution in [0.5, 0.6) is 0 Å². The van der Waals surface area contributed by atoms with Crippen LogP contribution in [0.1, 0.15) is 10.4 Å². The second kappa shape index (κ2) is 5.03. The number of hydrogen-bond donors (Lipinski definition) is 1. The first-order valence-electron chi connectivity index (χ1n) is 5.90. The highest BCUT2D eigenvalue weighted by Crippen LogP contribution is 2.32. The minimum Gasteiger partial charge on any atom is -0.369 e. The minimum absolute atomic E-state index is 0.203. The van der Waals surface area contributed by atoms with Gasteiger partial charge in [0.2, 0.25) is 5.95 Å². The summed E-state index contributed by atoms with van der Waals surface area (Å²) in [6.45, 7) is 0.476. The first-order valence-corrected chi connectivity index (χ1v) is 7.58. The van der Waals surface area contributed by atoms with Crippen LogP contribution in [0.3, 0.4) is 0 Å². The Hall–Kier alpha value is -1.54. The summed E-state index contributed by atoms with van der Waals surface area (Å²) in [6.07, 6.45) is -4.38. The van der Waals surface area contributed by atoms with Gasteiger partial charge in [-0.15, -0.1) is 11.3 Å². The molecule has 0 atom stereocenters. The number of hydrogen-bond acceptors (Lipinski definition) is 3. The zero-order valence-electron chi connectivity index (χ0n) is 10.5. The van der Waals surface area contributed by atoms with Crippen molar-refractivity contribution in [2.75, 3.05) is 5.73 Å². The van der Waals surface area contributed by atoms with Gasteiger partial charge in [-0.1, -0.05) is 0 Å². The Morgan fingerprint density at radius 2 is 2.05 bits per heavy atom. The summed E-state index contributed by atoms with van der Waals surface area (Å²) in [5.41, 5.74) is 5.94. The first-order chi connectivity index (χ1) is 9.84. The van der Waals surface area contributed by atoms with Crippen LogP contribution in [-0.2, 0) is 12.7 Å². The van der Waals surface area contributed by atoms with E-state index in [0.29, 0.717) is 12.1 Å². The molecule has 110 valence electrons. The van der Waals surface area contributed by atoms with Gasteiger partial charge in [-0.3, -0.25) is 0 Å². The van der Waals surface area contributed by atoms with Crippen LogP contribution in [-0.4, -0.2) is 9.55 Å². The quantitative estimate of drug-likeness (QED) is 0.715. The van der Waals surface area contributed by atoms with E-state index in [1.807, 2.05) is 11.4 Å². The van der Waals surface area contributed by atoms with Crippen LogP contribution in [0.15, 0.2) is 34.1 Å². The second-order valence-electron chi connectivity index (χ2n) is 4.49. The molecule has 1 aromatic carbocycles. The van der Waals surface area contributed by atoms with Gasteiger partial charge in [0.05, 0.1) is 23.1 Å². The molecule has 3 aromatic rings. The number of thiophene rings is 1. The largest absolute Gasteiger partial charge is 0.416 e. The van der Waals surface area contributed by atoms with Gasteiger partial charge in [0.1, 0.15) is 0 Å². The fourth-order valence-corrected chi connectivity index (χ4v) is 3.52. The van der Waals surface area contributed by atoms with E-state index in [9.17, 15) is 13.2 Å². The van der Waals surface area contributed by atoms with Crippen molar-refractivity contribution < 1.29 is 13.2 Å². The zero-order chi connectivity index (χ0) is 15.2. The smallest absolute Gasteiger partial charge is 0.369 e. The third kappa shape index (κ3) is 2.77. The molecule has 8 heteroatoms. The van der Waals surface area contributed by atoms with Crippen molar-refractivity contribution in [2.24, 2.45) is 0 Å². The number of fused-ring (bicyclic) bond motifs is 1. The van der Waals surface area contributed by atoms with Crippen molar-refractivity contribution in [3.05, 3.63) is 44.6 Å². The molecule has 0 radical (unpaired) electrons. The molecule has 2 heterocycles. The molecule has 3 rings (SSSR count). The predicted octanol–water partition coefficient (Wildman–Crippen LogP) is 4.51. The van der Waals surface area contributed by atoms with Crippen LogP contribution in [0.4, 0.5) is 19.1 Å². The van der Waals surface area contributed by atoms with E-state index in [1.165, 1.54) is 6.07 Å². The van der Waals surface area contributed by atoms with Crippen LogP contribution in [0, 0.1) is 0 Å². The Morgan fingerprint density at radius 3 is 2.67 bits per heavy atom. The lowest BCUT2D eigenvalue weighted by Crippen LogP contribution is -2.05. The number of nitrogens with zero attached hydrogens (tertiary/aromatic N) is 2. The normalized spacial score (nSPS) is 12.2. The van der Waals surface area contributed by atoms with E-state index in [0.717, 1.165) is 21.5 Å². The number of nitrogen functional groups attached to an aromatic ring is 1. The van der Waals surface area contributed by atoms with Crippen molar-refractivity contribution in [1.29, 1.82) is 0 Å². The van der Waals surface area contributed by atoms with Gasteiger partial charge in [0.15, 0.2) is 0 Å². The lowest BCUT2D eigenvalue weighted by atomic mass is 10.2. The highest BCUT2D eigenvalue weighted by atomic mass is 79.9. The number of anilines is 1. The number of halogens is 4. The number of rotatable bonds is 2. The second-order valence-corrected chi connectivity index (χ2v) is 6.40. The minimum atomic E-state index is -4.38. The molecular weight excluding hydrogens is 367 g/mol. The van der Waals surface area contributed by atoms with Crippen molar-refractivity contribution in [3.63, 3.8) is 0 Å². The highest BCUT2D eigenvalue weighted by molar-refractivity contribution is 9.10. The summed E-state index contributed by atoms with van der Waals surface area (Å²) in [4.78, 5) is 5.06. The average molecular weight is 376 g/mol. The third-order valence-corrected chi connectivity index (χ3v) is 4.72. The maximum absolute atomic E-state index is 12.7. The molecule has 2 N–H and O–H groups in total. The van der Waals surface area contributed by atoms with Gasteiger partial charge in [-0.2, -0.15) is 13.2 Å². The van der Waals surface area contributed by atoms with Gasteiger partial charge in [-0.05, 0) is 40.2 Å². The standard InChI is InChI=1S/C13H9BrF3N3S/c14-8-4-9(21-6-8)5-20-11-2-1-7(13(15,16)17)3-10(11)19-12(20)18/h1-4,6H,5H2,(H2,18,19). The molecule has 0 bridgehead atoms. The topological polar surface area (TPSA) is 43.8 Å². The number of aromatic nitrogens is 2. The molecule has 0 amide bonds. The zero-order valence-corrected chi connectivity index (χ0v) is 12.9. The summed E-state index contributed by atoms with van der Waals surface area (Å²) in [7, 11) is 0. The van der Waals surface area contributed by atoms with Crippen molar-refractivity contribution >= 4 is 44.2 Å². The molecule has 21 heavy (non-hydrogen) atoms. The predicted molar refractivity (Wildman–Crippen MR) is 80.3 cm³/mol. The van der Waals surface area contributed by atoms with E-state index < -0.39 is 11.7 Å². The monoisotopic (exact) mass is 375 g/mol. The maximum Gasteiger partial charge on any atom is 0.416 e. The highest BCUT2D eigenvalue weighted by Gasteiger charge is 2.31. The van der Waals surface area contributed by atoms with E-state index in [2.05, 4.69) is 20.9 Å². The molecule has 0 aliphatic rings. The molecule has 3 nitrogen and oxygen atoms in total. The molecule has 2 aromatic heterocycles. The molecule has 0 aliphatic heterocycles. The fourth-order valence-electron chi connectivity index (χ4n) is 2.08. The molecular formula is C13H9BrF3N3S. The van der Waals surface area contributed by atoms with E-state index in [1.54, 1.807) is 15.9 Å². The summed E-state index contributed by atoms with van der Waals surface area (Å²) in [5, 5.41) is 1.94. The van der Waals surface area contributed by atoms with Gasteiger partial charge in [-0.25, -0.2) is 4.98 Å². The van der Waals surface area contributed by atoms with Crippen molar-refractivity contribution in [2.45, 2.75) is 12.7 Å². The van der Waals surface area contributed by atoms with Crippen LogP contribution < -0.4 is 5.73 Å². The van der Waals surface area contributed by atoms with Gasteiger partial charge < -0.3 is 10.3 Å². The van der Waals surface area contributed by atoms with E-state index in [4.69, 9.17) is 5.73 Å². The number of nitrogens with two attached hydrogens (primary N) is 1. The first kappa shape index (κ1) is 14.4. The Bertz CT molecular complexity index is 807. The third-order valence-electron chi connectivity index (χ3n) is 3.04. The van der Waals surface area contributed by atoms with Gasteiger partial charge in [0, 0.05) is 14.7 Å². The Morgan fingerprint density at radius 1 is 1.29 bits per heavy atom. The van der Waals surface area contributed by atoms with Gasteiger partial charge in [0.25, 0.3) is 0 Å². The van der Waals surface area contributed by atoms with Crippen LogP contribution >= 0.6 is 27.3 Å². The molecule has 0 spiro atoms. The summed E-state index contributed by atoms with van der Waals surface area (Å²) in [6, 6.07) is 5.42. The lowest BCUT2D eigenvalue weighted by molar-refractivity contribution is -0.137. The number of alkyl halides is 3. The molecule has 0 saturated heterocycles. The molecule has 0 saturated carbocycles. The summed E-state index contributed by atoms with van der Waals surface area (Å²) >= 11 is 4.91. The fraction of sp³-hybridized carbons (Fsp3) is 0.154. The Kier molecular flexibility index (Phi) is 3.45. The molecule has 0 aliphatic carbocycles. The number of imidazole rings is 1. The van der Waals surface area contributed by atoms with Crippen molar-refractivity contribution in [3.8, 4) is 0 Å². The van der Waals surface area contributed by atoms with Crippen molar-refractivity contribution in [1.82, 2.24) is 9.55 Å². The lowest BCUT2D eigenvalue weighted by Gasteiger charge is -2.07. The molecule has 0 fully saturated rings. The average Bonchev–Trinajstić information content (AvgIpc) is 2.93. The van der Waals surface area contributed by atoms with Crippen LogP contribution in [0.2, 0.25) is 0 Å². The van der Waals surface area contributed by atoms with Gasteiger partial charge >= 0.3 is 6.18 Å². The van der Waals surface area contributed by atoms with Crippen LogP contribution in [0.25, 0.3) is 11.0 Å². The molecule has 0 unspecified atom stereocenters.